The van der Waals surface area contributed by atoms with Crippen molar-refractivity contribution in [1.82, 2.24) is 0 Å². The molecular weight excluding hydrogens is 1330 g/mol. The molecule has 0 amide bonds. The quantitative estimate of drug-likeness (QED) is 0.0482. The van der Waals surface area contributed by atoms with Crippen LogP contribution in [0.4, 0.5) is 26.3 Å². The number of cyclic esters (lactones) is 8. The number of ether oxygens (including phenoxy) is 8. The summed E-state index contributed by atoms with van der Waals surface area (Å²) < 4.78 is 129. The number of esters is 8. The summed E-state index contributed by atoms with van der Waals surface area (Å²) in [5, 5.41) is 0. The van der Waals surface area contributed by atoms with E-state index in [4.69, 9.17) is 28.4 Å². The second-order valence-electron chi connectivity index (χ2n) is 21.6. The molecule has 4 aliphatic heterocycles. The molecule has 0 saturated carbocycles. The van der Waals surface area contributed by atoms with Crippen molar-refractivity contribution in [1.29, 1.82) is 0 Å². The number of hydrogen-bond donors (Lipinski definition) is 0. The molecule has 518 valence electrons. The summed E-state index contributed by atoms with van der Waals surface area (Å²) in [6, 6.07) is 55.2. The Morgan fingerprint density at radius 3 is 0.716 bits per heavy atom. The van der Waals surface area contributed by atoms with Crippen molar-refractivity contribution >= 4 is 47.8 Å². The van der Waals surface area contributed by atoms with Crippen molar-refractivity contribution in [3.05, 3.63) is 296 Å². The fourth-order valence-corrected chi connectivity index (χ4v) is 12.2. The van der Waals surface area contributed by atoms with Crippen LogP contribution in [0.2, 0.25) is 0 Å². The zero-order chi connectivity index (χ0) is 73.6. The Kier molecular flexibility index (Phi) is 20.9. The van der Waals surface area contributed by atoms with E-state index in [1.165, 1.54) is 48.5 Å². The van der Waals surface area contributed by atoms with Gasteiger partial charge in [0.05, 0.1) is 49.9 Å². The van der Waals surface area contributed by atoms with Gasteiger partial charge in [-0.25, -0.2) is 38.4 Å². The third kappa shape index (κ3) is 13.1. The molecule has 16 nitrogen and oxygen atoms in total. The van der Waals surface area contributed by atoms with Gasteiger partial charge in [0, 0.05) is 0 Å². The Morgan fingerprint density at radius 2 is 0.471 bits per heavy atom. The van der Waals surface area contributed by atoms with E-state index in [0.29, 0.717) is 47.3 Å². The fourth-order valence-electron chi connectivity index (χ4n) is 12.2. The van der Waals surface area contributed by atoms with E-state index in [9.17, 15) is 64.7 Å². The summed E-state index contributed by atoms with van der Waals surface area (Å²) in [4.78, 5) is 94.7. The van der Waals surface area contributed by atoms with Gasteiger partial charge in [-0.1, -0.05) is 152 Å². The van der Waals surface area contributed by atoms with Crippen molar-refractivity contribution < 1.29 is 103 Å². The molecule has 1 aliphatic carbocycles. The highest BCUT2D eigenvalue weighted by molar-refractivity contribution is 6.17. The fraction of sp³-hybridized carbons (Fsp3) is 0.150. The van der Waals surface area contributed by atoms with Crippen LogP contribution in [0.1, 0.15) is 172 Å². The summed E-state index contributed by atoms with van der Waals surface area (Å²) in [5.41, 5.74) is -0.374. The maximum absolute atomic E-state index is 14.6. The van der Waals surface area contributed by atoms with Crippen LogP contribution in [0.5, 0.6) is 46.0 Å². The third-order valence-electron chi connectivity index (χ3n) is 16.4. The molecule has 0 saturated heterocycles. The van der Waals surface area contributed by atoms with Crippen LogP contribution in [0.15, 0.2) is 218 Å². The summed E-state index contributed by atoms with van der Waals surface area (Å²) in [6.45, 7) is 16.0. The van der Waals surface area contributed by atoms with Gasteiger partial charge in [-0.05, 0) is 166 Å². The Balaban J connectivity index is 0.000000201. The first-order chi connectivity index (χ1) is 49.1. The van der Waals surface area contributed by atoms with Gasteiger partial charge < -0.3 is 37.9 Å². The normalized spacial score (nSPS) is 13.7. The molecule has 0 fully saturated rings. The minimum absolute atomic E-state index is 0.0199. The van der Waals surface area contributed by atoms with E-state index in [-0.39, 0.29) is 67.5 Å². The number of fused-ring (bicyclic) bond motifs is 7. The number of carbonyl (C=O) groups excluding carboxylic acids is 8. The lowest BCUT2D eigenvalue weighted by atomic mass is 9.68. The molecule has 0 unspecified atom stereocenters. The number of alkyl halides is 6. The number of rotatable bonds is 12. The highest BCUT2D eigenvalue weighted by Gasteiger charge is 2.72. The molecule has 0 atom stereocenters. The molecule has 102 heavy (non-hydrogen) atoms. The number of hydrogen-bond acceptors (Lipinski definition) is 16. The minimum Gasteiger partial charge on any atom is -0.457 e. The molecule has 10 aromatic rings. The average Bonchev–Trinajstić information content (AvgIpc) is 1.50. The molecule has 15 rings (SSSR count). The second kappa shape index (κ2) is 29.5. The highest BCUT2D eigenvalue weighted by Crippen LogP contribution is 2.58. The molecule has 0 spiro atoms. The second-order valence-corrected chi connectivity index (χ2v) is 21.6. The van der Waals surface area contributed by atoms with Crippen molar-refractivity contribution in [3.8, 4) is 57.1 Å². The number of carbonyl (C=O) groups is 8. The van der Waals surface area contributed by atoms with Crippen LogP contribution >= 0.6 is 0 Å². The Morgan fingerprint density at radius 1 is 0.255 bits per heavy atom. The topological polar surface area (TPSA) is 210 Å². The molecule has 5 aliphatic rings. The molecule has 0 aromatic heterocycles. The standard InChI is InChI=1S/C41H22O8.C31H14F6O8.4C2H6/c42-37-31-19-17-27(21-33(31)39(44)48-37)46-25-13-9-23(10-14-25)41(35-7-3-1-5-29(35)30-6-2-4-8-36(30)41)24-11-15-26(16-12-24)47-28-18-20-32-34(22-28)40(45)49-38(32)43;32-30(33,34)29(31(35,36)37,15-1-5-17(6-2-15)42-19-9-11-21-23(13-19)27(40)44-25(21)38)16-3-7-18(8-4-16)43-20-10-12-22-24(14-20)28(41)45-26(22)39;4*1-2/h1-22H;1-14H;4*1-2H3. The molecule has 10 aromatic carbocycles. The first kappa shape index (κ1) is 72.3. The maximum Gasteiger partial charge on any atom is 0.411 e. The zero-order valence-electron chi connectivity index (χ0n) is 55.6. The van der Waals surface area contributed by atoms with E-state index in [2.05, 4.69) is 33.7 Å². The monoisotopic (exact) mass is 1390 g/mol. The van der Waals surface area contributed by atoms with Crippen LogP contribution in [-0.2, 0) is 29.8 Å². The lowest BCUT2D eigenvalue weighted by Gasteiger charge is -2.38. The van der Waals surface area contributed by atoms with Gasteiger partial charge >= 0.3 is 60.1 Å². The molecule has 0 radical (unpaired) electrons. The molecule has 4 heterocycles. The van der Waals surface area contributed by atoms with Gasteiger partial charge in [0.1, 0.15) is 46.0 Å². The van der Waals surface area contributed by atoms with Gasteiger partial charge in [-0.2, -0.15) is 26.3 Å². The number of benzene rings is 10. The van der Waals surface area contributed by atoms with Crippen LogP contribution in [-0.4, -0.2) is 60.1 Å². The van der Waals surface area contributed by atoms with Crippen molar-refractivity contribution in [2.75, 3.05) is 0 Å². The van der Waals surface area contributed by atoms with E-state index in [1.807, 2.05) is 128 Å². The maximum atomic E-state index is 14.6. The van der Waals surface area contributed by atoms with Crippen molar-refractivity contribution in [2.45, 2.75) is 78.6 Å². The molecule has 22 heteroatoms. The highest BCUT2D eigenvalue weighted by atomic mass is 19.4. The first-order valence-corrected chi connectivity index (χ1v) is 32.2. The smallest absolute Gasteiger partial charge is 0.411 e. The first-order valence-electron chi connectivity index (χ1n) is 32.2. The van der Waals surface area contributed by atoms with Crippen LogP contribution in [0.25, 0.3) is 11.1 Å². The van der Waals surface area contributed by atoms with Gasteiger partial charge in [0.15, 0.2) is 0 Å². The van der Waals surface area contributed by atoms with Crippen molar-refractivity contribution in [3.63, 3.8) is 0 Å². The lowest BCUT2D eigenvalue weighted by Crippen LogP contribution is -2.54. The van der Waals surface area contributed by atoms with E-state index in [0.717, 1.165) is 69.8 Å². The Bertz CT molecular complexity index is 4620. The van der Waals surface area contributed by atoms with Crippen LogP contribution in [0.3, 0.4) is 0 Å². The van der Waals surface area contributed by atoms with E-state index >= 15 is 0 Å². The van der Waals surface area contributed by atoms with Gasteiger partial charge in [0.25, 0.3) is 0 Å². The summed E-state index contributed by atoms with van der Waals surface area (Å²) in [6.07, 6.45) is -11.7. The SMILES string of the molecule is CC.CC.CC.CC.O=C1OC(=O)c2cc(Oc3ccc(C(c4ccc(Oc5ccc6c(c5)C(=O)OC6=O)cc4)(C(F)(F)F)C(F)(F)F)cc3)ccc21.O=C1OC(=O)c2cc(Oc3ccc(C4(c5ccc(Oc6ccc7c(c6)C(=O)OC7=O)cc5)c5ccccc5-c5ccccc54)cc3)ccc21. The zero-order valence-corrected chi connectivity index (χ0v) is 55.6. The molecule has 0 N–H and O–H groups in total. The Labute approximate surface area is 579 Å². The predicted octanol–water partition coefficient (Wildman–Crippen LogP) is 19.7. The Hall–Kier alpha value is -12.5. The number of halogens is 6. The van der Waals surface area contributed by atoms with Crippen LogP contribution < -0.4 is 18.9 Å². The minimum atomic E-state index is -5.87. The predicted molar refractivity (Wildman–Crippen MR) is 360 cm³/mol. The summed E-state index contributed by atoms with van der Waals surface area (Å²) >= 11 is 0. The van der Waals surface area contributed by atoms with Crippen LogP contribution in [0, 0.1) is 0 Å². The van der Waals surface area contributed by atoms with Gasteiger partial charge in [-0.3, -0.25) is 0 Å². The van der Waals surface area contributed by atoms with E-state index < -0.39 is 82.1 Å². The third-order valence-corrected chi connectivity index (χ3v) is 16.4. The summed E-state index contributed by atoms with van der Waals surface area (Å²) in [5.74, 6) is -4.71. The van der Waals surface area contributed by atoms with E-state index in [1.54, 1.807) is 12.1 Å². The largest absolute Gasteiger partial charge is 0.457 e. The summed E-state index contributed by atoms with van der Waals surface area (Å²) in [7, 11) is 0. The van der Waals surface area contributed by atoms with Crippen molar-refractivity contribution in [2.24, 2.45) is 0 Å². The molecular formula is C80H60F6O16. The van der Waals surface area contributed by atoms with Gasteiger partial charge in [-0.15, -0.1) is 0 Å². The van der Waals surface area contributed by atoms with Gasteiger partial charge in [0.2, 0.25) is 5.41 Å². The molecule has 0 bridgehead atoms. The average molecular weight is 1390 g/mol. The lowest BCUT2D eigenvalue weighted by molar-refractivity contribution is -0.288.